The number of ether oxygens (including phenoxy) is 2. The molecule has 0 aliphatic carbocycles. The Bertz CT molecular complexity index is 1380. The molecule has 0 radical (unpaired) electrons. The number of hydrogen-bond acceptors (Lipinski definition) is 9. The summed E-state index contributed by atoms with van der Waals surface area (Å²) in [6, 6.07) is 7.85. The fourth-order valence-corrected chi connectivity index (χ4v) is 4.74. The summed E-state index contributed by atoms with van der Waals surface area (Å²) in [4.78, 5) is 27.3. The summed E-state index contributed by atoms with van der Waals surface area (Å²) in [6.45, 7) is 0.273. The molecule has 0 unspecified atom stereocenters. The fraction of sp³-hybridized carbons (Fsp3) is 0.136. The lowest BCUT2D eigenvalue weighted by atomic mass is 10.0. The summed E-state index contributed by atoms with van der Waals surface area (Å²) < 4.78 is 52.8. The minimum Gasteiger partial charge on any atom is -0.391 e. The van der Waals surface area contributed by atoms with Crippen LogP contribution in [0.1, 0.15) is 11.1 Å². The average molecular weight is 487 g/mol. The first kappa shape index (κ1) is 23.3. The highest BCUT2D eigenvalue weighted by Crippen LogP contribution is 2.35. The second-order valence-corrected chi connectivity index (χ2v) is 8.99. The smallest absolute Gasteiger partial charge is 0.391 e. The number of carbonyl (C=O) groups excluding carboxylic acids is 2. The lowest BCUT2D eigenvalue weighted by molar-refractivity contribution is -0.331. The molecular weight excluding hydrogens is 469 g/mol. The summed E-state index contributed by atoms with van der Waals surface area (Å²) in [6.07, 6.45) is 5.33. The van der Waals surface area contributed by atoms with E-state index in [0.717, 1.165) is 28.4 Å². The van der Waals surface area contributed by atoms with E-state index in [4.69, 9.17) is 9.47 Å². The molecule has 3 heterocycles. The standard InChI is InChI=1S/C22H18FN3O7S/c1-24-11-14-10-18(26(13-14)34(30,31)15-4-3-9-25-12-15)16-5-2-6-17(21(16)23)22(29)32-19(27)7-8-20(28)33-22/h2-10,12-13,24,29H,11H2,1H3. The number of cyclic esters (lactones) is 2. The van der Waals surface area contributed by atoms with Crippen LogP contribution in [-0.4, -0.2) is 41.5 Å². The molecule has 0 atom stereocenters. The lowest BCUT2D eigenvalue weighted by Gasteiger charge is -2.25. The van der Waals surface area contributed by atoms with Crippen LogP contribution in [0.3, 0.4) is 0 Å². The van der Waals surface area contributed by atoms with E-state index in [0.29, 0.717) is 5.56 Å². The van der Waals surface area contributed by atoms with E-state index < -0.39 is 39.3 Å². The largest absolute Gasteiger partial charge is 0.406 e. The van der Waals surface area contributed by atoms with Crippen molar-refractivity contribution >= 4 is 22.0 Å². The minimum absolute atomic E-state index is 0.0820. The molecule has 3 aromatic rings. The highest BCUT2D eigenvalue weighted by molar-refractivity contribution is 7.90. The van der Waals surface area contributed by atoms with Crippen LogP contribution in [0.25, 0.3) is 11.3 Å². The van der Waals surface area contributed by atoms with Gasteiger partial charge >= 0.3 is 17.9 Å². The summed E-state index contributed by atoms with van der Waals surface area (Å²) in [5, 5.41) is 13.6. The van der Waals surface area contributed by atoms with Gasteiger partial charge in [-0.05, 0) is 42.9 Å². The Kier molecular flexibility index (Phi) is 6.04. The van der Waals surface area contributed by atoms with Crippen LogP contribution >= 0.6 is 0 Å². The van der Waals surface area contributed by atoms with Crippen molar-refractivity contribution < 1.29 is 37.0 Å². The van der Waals surface area contributed by atoms with Crippen molar-refractivity contribution in [3.8, 4) is 11.3 Å². The van der Waals surface area contributed by atoms with Gasteiger partial charge in [0.1, 0.15) is 16.3 Å². The monoisotopic (exact) mass is 487 g/mol. The first-order valence-electron chi connectivity index (χ1n) is 9.83. The molecule has 12 heteroatoms. The van der Waals surface area contributed by atoms with E-state index in [-0.39, 0.29) is 22.7 Å². The normalized spacial score (nSPS) is 15.5. The Morgan fingerprint density at radius 2 is 1.85 bits per heavy atom. The molecule has 10 nitrogen and oxygen atoms in total. The van der Waals surface area contributed by atoms with E-state index >= 15 is 4.39 Å². The predicted octanol–water partition coefficient (Wildman–Crippen LogP) is 1.40. The number of halogens is 1. The number of benzene rings is 1. The number of aromatic nitrogens is 2. The molecule has 0 bridgehead atoms. The number of aliphatic hydroxyl groups is 1. The van der Waals surface area contributed by atoms with Crippen LogP contribution in [0, 0.1) is 5.82 Å². The quantitative estimate of drug-likeness (QED) is 0.494. The molecule has 2 aromatic heterocycles. The van der Waals surface area contributed by atoms with Gasteiger partial charge in [-0.2, -0.15) is 0 Å². The second kappa shape index (κ2) is 8.82. The van der Waals surface area contributed by atoms with Crippen LogP contribution < -0.4 is 5.32 Å². The molecule has 0 amide bonds. The van der Waals surface area contributed by atoms with Crippen molar-refractivity contribution in [1.82, 2.24) is 14.3 Å². The molecule has 0 saturated heterocycles. The van der Waals surface area contributed by atoms with Gasteiger partial charge in [0.25, 0.3) is 10.0 Å². The number of carbonyl (C=O) groups is 2. The van der Waals surface area contributed by atoms with E-state index in [1.807, 2.05) is 0 Å². The molecule has 0 fully saturated rings. The van der Waals surface area contributed by atoms with Crippen LogP contribution in [0.15, 0.2) is 72.0 Å². The van der Waals surface area contributed by atoms with Crippen molar-refractivity contribution in [3.63, 3.8) is 0 Å². The average Bonchev–Trinajstić information content (AvgIpc) is 3.17. The molecule has 0 saturated carbocycles. The predicted molar refractivity (Wildman–Crippen MR) is 115 cm³/mol. The van der Waals surface area contributed by atoms with Crippen molar-refractivity contribution in [2.24, 2.45) is 0 Å². The minimum atomic E-state index is -4.19. The van der Waals surface area contributed by atoms with Crippen molar-refractivity contribution in [2.75, 3.05) is 7.05 Å². The number of nitrogens with zero attached hydrogens (tertiary/aromatic N) is 2. The molecule has 2 N–H and O–H groups in total. The highest BCUT2D eigenvalue weighted by Gasteiger charge is 2.43. The van der Waals surface area contributed by atoms with Gasteiger partial charge < -0.3 is 19.9 Å². The number of rotatable bonds is 6. The maximum absolute atomic E-state index is 15.7. The van der Waals surface area contributed by atoms with Gasteiger partial charge in [0.15, 0.2) is 0 Å². The van der Waals surface area contributed by atoms with Gasteiger partial charge in [0, 0.05) is 42.9 Å². The van der Waals surface area contributed by atoms with Gasteiger partial charge in [-0.1, -0.05) is 6.07 Å². The Balaban J connectivity index is 1.90. The highest BCUT2D eigenvalue weighted by atomic mass is 32.2. The third-order valence-corrected chi connectivity index (χ3v) is 6.52. The third kappa shape index (κ3) is 4.21. The van der Waals surface area contributed by atoms with E-state index in [1.54, 1.807) is 7.05 Å². The number of esters is 2. The number of nitrogens with one attached hydrogen (secondary N) is 1. The van der Waals surface area contributed by atoms with Gasteiger partial charge in [-0.25, -0.2) is 26.4 Å². The van der Waals surface area contributed by atoms with Gasteiger partial charge in [0.05, 0.1) is 5.69 Å². The molecule has 1 aliphatic rings. The molecular formula is C22H18FN3O7S. The topological polar surface area (TPSA) is 137 Å². The maximum Gasteiger partial charge on any atom is 0.406 e. The Hall–Kier alpha value is -3.87. The van der Waals surface area contributed by atoms with Crippen LogP contribution in [-0.2, 0) is 41.6 Å². The molecule has 34 heavy (non-hydrogen) atoms. The number of hydrogen-bond donors (Lipinski definition) is 2. The number of pyridine rings is 1. The summed E-state index contributed by atoms with van der Waals surface area (Å²) in [5.41, 5.74) is -0.520. The zero-order chi connectivity index (χ0) is 24.5. The molecule has 1 aliphatic heterocycles. The first-order valence-corrected chi connectivity index (χ1v) is 11.3. The van der Waals surface area contributed by atoms with Gasteiger partial charge in [-0.3, -0.25) is 4.98 Å². The fourth-order valence-electron chi connectivity index (χ4n) is 3.39. The summed E-state index contributed by atoms with van der Waals surface area (Å²) in [7, 11) is -2.53. The van der Waals surface area contributed by atoms with Crippen LogP contribution in [0.2, 0.25) is 0 Å². The van der Waals surface area contributed by atoms with Crippen molar-refractivity contribution in [2.45, 2.75) is 17.4 Å². The third-order valence-electron chi connectivity index (χ3n) is 4.86. The SMILES string of the molecule is CNCc1cc(-c2cccc(C3(O)OC(=O)C=CC(=O)O3)c2F)n(S(=O)(=O)c2cccnc2)c1. The molecule has 0 spiro atoms. The van der Waals surface area contributed by atoms with Gasteiger partial charge in [-0.15, -0.1) is 0 Å². The summed E-state index contributed by atoms with van der Waals surface area (Å²) in [5.74, 6) is -6.51. The van der Waals surface area contributed by atoms with Crippen molar-refractivity contribution in [3.05, 3.63) is 84.1 Å². The van der Waals surface area contributed by atoms with E-state index in [2.05, 4.69) is 10.3 Å². The zero-order valence-electron chi connectivity index (χ0n) is 17.6. The Morgan fingerprint density at radius 3 is 2.47 bits per heavy atom. The van der Waals surface area contributed by atoms with Gasteiger partial charge in [0.2, 0.25) is 0 Å². The zero-order valence-corrected chi connectivity index (χ0v) is 18.5. The lowest BCUT2D eigenvalue weighted by Crippen LogP contribution is -2.36. The summed E-state index contributed by atoms with van der Waals surface area (Å²) >= 11 is 0. The molecule has 176 valence electrons. The van der Waals surface area contributed by atoms with E-state index in [1.165, 1.54) is 42.7 Å². The van der Waals surface area contributed by atoms with E-state index in [9.17, 15) is 23.1 Å². The maximum atomic E-state index is 15.7. The van der Waals surface area contributed by atoms with Crippen LogP contribution in [0.4, 0.5) is 4.39 Å². The second-order valence-electron chi connectivity index (χ2n) is 7.18. The molecule has 1 aromatic carbocycles. The Morgan fingerprint density at radius 1 is 1.15 bits per heavy atom. The van der Waals surface area contributed by atoms with Crippen molar-refractivity contribution in [1.29, 1.82) is 0 Å². The van der Waals surface area contributed by atoms with Crippen LogP contribution in [0.5, 0.6) is 0 Å². The first-order chi connectivity index (χ1) is 16.2. The Labute approximate surface area is 193 Å². The molecule has 4 rings (SSSR count).